The lowest BCUT2D eigenvalue weighted by Crippen LogP contribution is -2.48. The molecule has 0 aliphatic carbocycles. The van der Waals surface area contributed by atoms with Gasteiger partial charge >= 0.3 is 5.91 Å². The molecule has 1 atom stereocenters. The van der Waals surface area contributed by atoms with Crippen LogP contribution in [0.1, 0.15) is 15.9 Å². The Morgan fingerprint density at radius 3 is 2.37 bits per heavy atom. The summed E-state index contributed by atoms with van der Waals surface area (Å²) in [6, 6.07) is 22.6. The molecule has 0 aliphatic rings. The summed E-state index contributed by atoms with van der Waals surface area (Å²) < 4.78 is 1.50. The number of aromatic nitrogens is 3. The van der Waals surface area contributed by atoms with Gasteiger partial charge in [-0.15, -0.1) is 0 Å². The molecule has 35 heavy (non-hydrogen) atoms. The number of pyridine rings is 1. The highest BCUT2D eigenvalue weighted by Gasteiger charge is 2.28. The van der Waals surface area contributed by atoms with Crippen molar-refractivity contribution >= 4 is 17.6 Å². The fourth-order valence-electron chi connectivity index (χ4n) is 3.56. The molecular formula is C26H23N5O4. The fraction of sp³-hybridized carbons (Fsp3) is 0.115. The van der Waals surface area contributed by atoms with E-state index in [2.05, 4.69) is 20.2 Å². The van der Waals surface area contributed by atoms with Gasteiger partial charge in [0.05, 0.1) is 18.4 Å². The Morgan fingerprint density at radius 1 is 0.943 bits per heavy atom. The molecule has 2 heterocycles. The van der Waals surface area contributed by atoms with Crippen molar-refractivity contribution in [3.8, 4) is 17.1 Å². The molecule has 2 N–H and O–H groups in total. The Kier molecular flexibility index (Phi) is 7.39. The smallest absolute Gasteiger partial charge is 0.313 e. The van der Waals surface area contributed by atoms with Crippen molar-refractivity contribution in [3.05, 3.63) is 102 Å². The standard InChI is InChI=1S/C26H23N5O4/c1-35-30-26(34)23(32)22(17-18-9-4-2-5-10-18)28-25(33)20-13-8-15-27-24(20)31-16-14-21(29-31)19-11-6-3-7-12-19/h2-16,22H,17H2,1H3,(H,28,33)(H,30,34)/t22-/m0/s1. The zero-order valence-corrected chi connectivity index (χ0v) is 18.9. The molecule has 2 amide bonds. The highest BCUT2D eigenvalue weighted by atomic mass is 16.6. The maximum absolute atomic E-state index is 13.3. The van der Waals surface area contributed by atoms with E-state index >= 15 is 0 Å². The Morgan fingerprint density at radius 2 is 1.66 bits per heavy atom. The first-order chi connectivity index (χ1) is 17.1. The number of nitrogens with one attached hydrogen (secondary N) is 2. The van der Waals surface area contributed by atoms with E-state index in [9.17, 15) is 14.4 Å². The number of rotatable bonds is 9. The quantitative estimate of drug-likeness (QED) is 0.288. The van der Waals surface area contributed by atoms with Gasteiger partial charge in [0.15, 0.2) is 5.82 Å². The first kappa shape index (κ1) is 23.5. The molecule has 0 aliphatic heterocycles. The van der Waals surface area contributed by atoms with Crippen LogP contribution in [0.5, 0.6) is 0 Å². The van der Waals surface area contributed by atoms with Crippen LogP contribution in [-0.2, 0) is 20.8 Å². The highest BCUT2D eigenvalue weighted by molar-refractivity contribution is 6.38. The Labute approximate surface area is 201 Å². The number of hydroxylamine groups is 1. The second-order valence-corrected chi connectivity index (χ2v) is 7.60. The maximum Gasteiger partial charge on any atom is 0.313 e. The van der Waals surface area contributed by atoms with Crippen LogP contribution in [0, 0.1) is 0 Å². The van der Waals surface area contributed by atoms with Gasteiger partial charge in [0.1, 0.15) is 6.04 Å². The minimum atomic E-state index is -1.12. The van der Waals surface area contributed by atoms with Crippen LogP contribution in [0.25, 0.3) is 17.1 Å². The summed E-state index contributed by atoms with van der Waals surface area (Å²) in [6.07, 6.45) is 3.38. The van der Waals surface area contributed by atoms with Crippen molar-refractivity contribution in [1.29, 1.82) is 0 Å². The van der Waals surface area contributed by atoms with E-state index in [-0.39, 0.29) is 12.0 Å². The zero-order valence-electron chi connectivity index (χ0n) is 18.9. The molecule has 0 saturated heterocycles. The SMILES string of the molecule is CONC(=O)C(=O)[C@H](Cc1ccccc1)NC(=O)c1cccnc1-n1ccc(-c2ccccc2)n1. The van der Waals surface area contributed by atoms with Gasteiger partial charge in [-0.05, 0) is 23.8 Å². The topological polar surface area (TPSA) is 115 Å². The molecule has 0 fully saturated rings. The number of hydrogen-bond acceptors (Lipinski definition) is 6. The van der Waals surface area contributed by atoms with Gasteiger partial charge in [-0.25, -0.2) is 15.1 Å². The van der Waals surface area contributed by atoms with E-state index in [1.165, 1.54) is 11.8 Å². The van der Waals surface area contributed by atoms with Crippen molar-refractivity contribution in [2.45, 2.75) is 12.5 Å². The number of carbonyl (C=O) groups excluding carboxylic acids is 3. The van der Waals surface area contributed by atoms with Crippen LogP contribution in [0.2, 0.25) is 0 Å². The second-order valence-electron chi connectivity index (χ2n) is 7.60. The molecular weight excluding hydrogens is 446 g/mol. The molecule has 0 bridgehead atoms. The highest BCUT2D eigenvalue weighted by Crippen LogP contribution is 2.19. The number of hydrogen-bond donors (Lipinski definition) is 2. The lowest BCUT2D eigenvalue weighted by molar-refractivity contribution is -0.145. The monoisotopic (exact) mass is 469 g/mol. The van der Waals surface area contributed by atoms with Gasteiger partial charge in [-0.1, -0.05) is 60.7 Å². The van der Waals surface area contributed by atoms with Gasteiger partial charge in [-0.2, -0.15) is 5.10 Å². The third kappa shape index (κ3) is 5.66. The molecule has 2 aromatic heterocycles. The molecule has 9 nitrogen and oxygen atoms in total. The normalized spacial score (nSPS) is 11.5. The summed E-state index contributed by atoms with van der Waals surface area (Å²) in [5.74, 6) is -2.07. The predicted molar refractivity (Wildman–Crippen MR) is 128 cm³/mol. The molecule has 176 valence electrons. The lowest BCUT2D eigenvalue weighted by Gasteiger charge is -2.18. The summed E-state index contributed by atoms with van der Waals surface area (Å²) in [4.78, 5) is 47.1. The van der Waals surface area contributed by atoms with Gasteiger partial charge in [0, 0.05) is 24.4 Å². The lowest BCUT2D eigenvalue weighted by atomic mass is 10.0. The Hall–Kier alpha value is -4.63. The first-order valence-electron chi connectivity index (χ1n) is 10.8. The third-order valence-electron chi connectivity index (χ3n) is 5.23. The van der Waals surface area contributed by atoms with Crippen LogP contribution >= 0.6 is 0 Å². The molecule has 4 aromatic rings. The maximum atomic E-state index is 13.3. The summed E-state index contributed by atoms with van der Waals surface area (Å²) >= 11 is 0. The summed E-state index contributed by atoms with van der Waals surface area (Å²) in [5.41, 5.74) is 4.64. The minimum Gasteiger partial charge on any atom is -0.341 e. The number of ketones is 1. The van der Waals surface area contributed by atoms with Gasteiger partial charge in [0.25, 0.3) is 5.91 Å². The summed E-state index contributed by atoms with van der Waals surface area (Å²) in [5, 5.41) is 7.24. The van der Waals surface area contributed by atoms with E-state index in [0.29, 0.717) is 5.82 Å². The van der Waals surface area contributed by atoms with Crippen molar-refractivity contribution in [1.82, 2.24) is 25.6 Å². The average Bonchev–Trinajstić information content (AvgIpc) is 3.39. The van der Waals surface area contributed by atoms with Gasteiger partial charge in [-0.3, -0.25) is 19.2 Å². The fourth-order valence-corrected chi connectivity index (χ4v) is 3.56. The number of nitrogens with zero attached hydrogens (tertiary/aromatic N) is 3. The van der Waals surface area contributed by atoms with Gasteiger partial charge in [0.2, 0.25) is 5.78 Å². The van der Waals surface area contributed by atoms with Crippen LogP contribution in [0.15, 0.2) is 91.3 Å². The number of carbonyl (C=O) groups is 3. The van der Waals surface area contributed by atoms with Crippen molar-refractivity contribution < 1.29 is 19.2 Å². The van der Waals surface area contributed by atoms with Crippen LogP contribution in [0.3, 0.4) is 0 Å². The van der Waals surface area contributed by atoms with E-state index in [1.54, 1.807) is 24.5 Å². The molecule has 0 spiro atoms. The minimum absolute atomic E-state index is 0.123. The summed E-state index contributed by atoms with van der Waals surface area (Å²) in [6.45, 7) is 0. The molecule has 2 aromatic carbocycles. The van der Waals surface area contributed by atoms with E-state index in [1.807, 2.05) is 72.2 Å². The molecule has 4 rings (SSSR count). The largest absolute Gasteiger partial charge is 0.341 e. The predicted octanol–water partition coefficient (Wildman–Crippen LogP) is 2.52. The Bertz CT molecular complexity index is 1320. The van der Waals surface area contributed by atoms with Gasteiger partial charge < -0.3 is 5.32 Å². The van der Waals surface area contributed by atoms with E-state index < -0.39 is 23.6 Å². The second kappa shape index (κ2) is 11.0. The van der Waals surface area contributed by atoms with Crippen LogP contribution in [0.4, 0.5) is 0 Å². The molecule has 0 unspecified atom stereocenters. The zero-order chi connectivity index (χ0) is 24.6. The first-order valence-corrected chi connectivity index (χ1v) is 10.8. The average molecular weight is 470 g/mol. The summed E-state index contributed by atoms with van der Waals surface area (Å²) in [7, 11) is 1.23. The van der Waals surface area contributed by atoms with Crippen molar-refractivity contribution in [2.75, 3.05) is 7.11 Å². The molecule has 0 radical (unpaired) electrons. The molecule has 9 heteroatoms. The van der Waals surface area contributed by atoms with Crippen molar-refractivity contribution in [2.24, 2.45) is 0 Å². The van der Waals surface area contributed by atoms with Crippen molar-refractivity contribution in [3.63, 3.8) is 0 Å². The third-order valence-corrected chi connectivity index (χ3v) is 5.23. The van der Waals surface area contributed by atoms with E-state index in [4.69, 9.17) is 0 Å². The van der Waals surface area contributed by atoms with Crippen LogP contribution in [-0.4, -0.2) is 45.5 Å². The Balaban J connectivity index is 1.61. The molecule has 0 saturated carbocycles. The van der Waals surface area contributed by atoms with Crippen LogP contribution < -0.4 is 10.8 Å². The number of amides is 2. The number of Topliss-reactive ketones (excluding diaryl/α,β-unsaturated/α-hetero) is 1. The number of benzene rings is 2. The van der Waals surface area contributed by atoms with E-state index in [0.717, 1.165) is 16.8 Å².